The van der Waals surface area contributed by atoms with Crippen LogP contribution in [0.3, 0.4) is 0 Å². The van der Waals surface area contributed by atoms with Gasteiger partial charge in [-0.3, -0.25) is 0 Å². The molecule has 1 aliphatic heterocycles. The van der Waals surface area contributed by atoms with E-state index in [9.17, 15) is 0 Å². The highest BCUT2D eigenvalue weighted by Crippen LogP contribution is 2.41. The fourth-order valence-corrected chi connectivity index (χ4v) is 3.44. The van der Waals surface area contributed by atoms with Crippen molar-refractivity contribution < 1.29 is 0 Å². The fraction of sp³-hybridized carbons (Fsp3) is 0.562. The van der Waals surface area contributed by atoms with Crippen molar-refractivity contribution in [3.63, 3.8) is 0 Å². The lowest BCUT2D eigenvalue weighted by Gasteiger charge is -2.14. The molecule has 106 valence electrons. The molecule has 2 fully saturated rings. The fourth-order valence-electron chi connectivity index (χ4n) is 3.44. The van der Waals surface area contributed by atoms with Crippen molar-refractivity contribution in [2.45, 2.75) is 31.7 Å². The summed E-state index contributed by atoms with van der Waals surface area (Å²) in [6, 6.07) is 6.15. The number of nitrogen functional groups attached to an aromatic ring is 1. The largest absolute Gasteiger partial charge is 0.399 e. The van der Waals surface area contributed by atoms with E-state index in [0.717, 1.165) is 23.7 Å². The van der Waals surface area contributed by atoms with Crippen LogP contribution in [0.5, 0.6) is 0 Å². The minimum atomic E-state index is 0.683. The molecule has 1 unspecified atom stereocenters. The van der Waals surface area contributed by atoms with Crippen molar-refractivity contribution in [2.75, 3.05) is 25.9 Å². The van der Waals surface area contributed by atoms with Gasteiger partial charge in [0, 0.05) is 24.7 Å². The molecule has 1 aliphatic carbocycles. The number of likely N-dealkylation sites (tertiary alicyclic amines) is 1. The van der Waals surface area contributed by atoms with Crippen LogP contribution in [0.2, 0.25) is 0 Å². The van der Waals surface area contributed by atoms with Crippen molar-refractivity contribution in [3.8, 4) is 0 Å². The summed E-state index contributed by atoms with van der Waals surface area (Å²) in [5.74, 6) is 2.73. The molecule has 0 spiro atoms. The predicted molar refractivity (Wildman–Crippen MR) is 81.7 cm³/mol. The Bertz CT molecular complexity index is 641. The quantitative estimate of drug-likeness (QED) is 0.871. The van der Waals surface area contributed by atoms with Crippen LogP contribution in [0.25, 0.3) is 11.0 Å². The Labute approximate surface area is 119 Å². The van der Waals surface area contributed by atoms with Gasteiger partial charge in [0.05, 0.1) is 11.0 Å². The zero-order chi connectivity index (χ0) is 13.7. The number of nitrogens with zero attached hydrogens (tertiary/aromatic N) is 3. The van der Waals surface area contributed by atoms with Crippen molar-refractivity contribution in [1.82, 2.24) is 14.5 Å². The molecule has 20 heavy (non-hydrogen) atoms. The molecule has 2 aliphatic rings. The lowest BCUT2D eigenvalue weighted by molar-refractivity contribution is 0.377. The van der Waals surface area contributed by atoms with Crippen LogP contribution < -0.4 is 5.73 Å². The van der Waals surface area contributed by atoms with Gasteiger partial charge in [-0.25, -0.2) is 4.98 Å². The summed E-state index contributed by atoms with van der Waals surface area (Å²) in [5, 5.41) is 0. The highest BCUT2D eigenvalue weighted by Gasteiger charge is 2.31. The van der Waals surface area contributed by atoms with E-state index in [-0.39, 0.29) is 0 Å². The molecule has 1 saturated heterocycles. The van der Waals surface area contributed by atoms with Crippen LogP contribution in [0.15, 0.2) is 18.2 Å². The molecule has 4 heteroatoms. The second-order valence-electron chi connectivity index (χ2n) is 6.52. The summed E-state index contributed by atoms with van der Waals surface area (Å²) >= 11 is 0. The predicted octanol–water partition coefficient (Wildman–Crippen LogP) is 2.45. The minimum Gasteiger partial charge on any atom is -0.399 e. The summed E-state index contributed by atoms with van der Waals surface area (Å²) in [7, 11) is 2.22. The number of aromatic nitrogens is 2. The lowest BCUT2D eigenvalue weighted by atomic mass is 10.1. The van der Waals surface area contributed by atoms with Crippen LogP contribution >= 0.6 is 0 Å². The number of fused-ring (bicyclic) bond motifs is 1. The molecule has 0 amide bonds. The van der Waals surface area contributed by atoms with Gasteiger partial charge < -0.3 is 15.2 Å². The van der Waals surface area contributed by atoms with Crippen molar-refractivity contribution >= 4 is 16.7 Å². The number of rotatable bonds is 3. The van der Waals surface area contributed by atoms with Gasteiger partial charge in [0.15, 0.2) is 0 Å². The first-order chi connectivity index (χ1) is 9.70. The van der Waals surface area contributed by atoms with Gasteiger partial charge in [-0.1, -0.05) is 0 Å². The van der Waals surface area contributed by atoms with Gasteiger partial charge in [-0.05, 0) is 57.0 Å². The molecule has 4 rings (SSSR count). The maximum absolute atomic E-state index is 5.90. The molecule has 1 saturated carbocycles. The topological polar surface area (TPSA) is 47.1 Å². The Kier molecular flexibility index (Phi) is 2.74. The molecule has 0 radical (unpaired) electrons. The number of anilines is 1. The van der Waals surface area contributed by atoms with Crippen LogP contribution in [0.4, 0.5) is 5.69 Å². The number of hydrogen-bond donors (Lipinski definition) is 1. The Morgan fingerprint density at radius 2 is 2.15 bits per heavy atom. The van der Waals surface area contributed by atoms with Gasteiger partial charge in [-0.2, -0.15) is 0 Å². The molecule has 1 atom stereocenters. The molecular weight excluding hydrogens is 248 g/mol. The summed E-state index contributed by atoms with van der Waals surface area (Å²) in [5.41, 5.74) is 9.04. The second-order valence-corrected chi connectivity index (χ2v) is 6.52. The van der Waals surface area contributed by atoms with Crippen LogP contribution in [-0.4, -0.2) is 34.6 Å². The van der Waals surface area contributed by atoms with Crippen LogP contribution in [-0.2, 0) is 6.54 Å². The maximum Gasteiger partial charge on any atom is 0.113 e. The molecular formula is C16H22N4. The number of benzene rings is 1. The molecule has 1 aromatic carbocycles. The Morgan fingerprint density at radius 3 is 2.85 bits per heavy atom. The Hall–Kier alpha value is -1.55. The summed E-state index contributed by atoms with van der Waals surface area (Å²) in [4.78, 5) is 7.30. The normalized spacial score (nSPS) is 23.8. The zero-order valence-corrected chi connectivity index (χ0v) is 12.0. The highest BCUT2D eigenvalue weighted by atomic mass is 15.1. The lowest BCUT2D eigenvalue weighted by Crippen LogP contribution is -2.18. The molecule has 2 heterocycles. The molecule has 4 nitrogen and oxygen atoms in total. The summed E-state index contributed by atoms with van der Waals surface area (Å²) in [6.07, 6.45) is 3.89. The third-order valence-corrected chi connectivity index (χ3v) is 4.67. The molecule has 2 N–H and O–H groups in total. The monoisotopic (exact) mass is 270 g/mol. The third kappa shape index (κ3) is 2.08. The van der Waals surface area contributed by atoms with E-state index in [1.165, 1.54) is 43.7 Å². The first-order valence-corrected chi connectivity index (χ1v) is 7.65. The Morgan fingerprint density at radius 1 is 1.30 bits per heavy atom. The summed E-state index contributed by atoms with van der Waals surface area (Å²) in [6.45, 7) is 3.54. The number of nitrogens with two attached hydrogens (primary N) is 1. The van der Waals surface area contributed by atoms with E-state index in [2.05, 4.69) is 22.6 Å². The number of imidazole rings is 1. The first kappa shape index (κ1) is 12.2. The van der Waals surface area contributed by atoms with Crippen molar-refractivity contribution in [3.05, 3.63) is 24.0 Å². The average Bonchev–Trinajstić information content (AvgIpc) is 3.10. The van der Waals surface area contributed by atoms with E-state index in [1.54, 1.807) is 0 Å². The third-order valence-electron chi connectivity index (χ3n) is 4.67. The average molecular weight is 270 g/mol. The van der Waals surface area contributed by atoms with Crippen LogP contribution in [0, 0.1) is 5.92 Å². The zero-order valence-electron chi connectivity index (χ0n) is 12.0. The summed E-state index contributed by atoms with van der Waals surface area (Å²) < 4.78 is 2.47. The molecule has 0 bridgehead atoms. The first-order valence-electron chi connectivity index (χ1n) is 7.65. The maximum atomic E-state index is 5.90. The van der Waals surface area contributed by atoms with Gasteiger partial charge in [0.25, 0.3) is 0 Å². The van der Waals surface area contributed by atoms with Crippen LogP contribution in [0.1, 0.15) is 31.0 Å². The highest BCUT2D eigenvalue weighted by molar-refractivity contribution is 5.79. The van der Waals surface area contributed by atoms with Gasteiger partial charge in [0.1, 0.15) is 5.82 Å². The molecule has 1 aromatic heterocycles. The van der Waals surface area contributed by atoms with Gasteiger partial charge in [0.2, 0.25) is 0 Å². The SMILES string of the molecule is CN1CCC(Cn2c(C3CC3)nc3cc(N)ccc32)C1. The van der Waals surface area contributed by atoms with E-state index in [0.29, 0.717) is 5.92 Å². The van der Waals surface area contributed by atoms with Gasteiger partial charge in [-0.15, -0.1) is 0 Å². The standard InChI is InChI=1S/C16H22N4/c1-19-7-6-11(9-19)10-20-15-5-4-13(17)8-14(15)18-16(20)12-2-3-12/h4-5,8,11-12H,2-3,6-7,9-10,17H2,1H3. The second kappa shape index (κ2) is 4.48. The van der Waals surface area contributed by atoms with Crippen molar-refractivity contribution in [2.24, 2.45) is 5.92 Å². The Balaban J connectivity index is 1.73. The minimum absolute atomic E-state index is 0.683. The van der Waals surface area contributed by atoms with Gasteiger partial charge >= 0.3 is 0 Å². The van der Waals surface area contributed by atoms with E-state index < -0.39 is 0 Å². The number of hydrogen-bond acceptors (Lipinski definition) is 3. The van der Waals surface area contributed by atoms with E-state index in [1.807, 2.05) is 12.1 Å². The molecule has 2 aromatic rings. The smallest absolute Gasteiger partial charge is 0.113 e. The van der Waals surface area contributed by atoms with E-state index in [4.69, 9.17) is 10.7 Å². The van der Waals surface area contributed by atoms with Crippen molar-refractivity contribution in [1.29, 1.82) is 0 Å². The van der Waals surface area contributed by atoms with E-state index >= 15 is 0 Å².